The summed E-state index contributed by atoms with van der Waals surface area (Å²) in [5.41, 5.74) is 0.479. The van der Waals surface area contributed by atoms with E-state index in [1.165, 1.54) is 16.2 Å². The highest BCUT2D eigenvalue weighted by molar-refractivity contribution is 7.91. The number of carbonyl (C=O) groups excluding carboxylic acids is 4. The van der Waals surface area contributed by atoms with Crippen molar-refractivity contribution in [3.05, 3.63) is 41.9 Å². The Morgan fingerprint density at radius 1 is 1.05 bits per heavy atom. The molecular formula is C39H49N7O8S2. The molecule has 300 valence electrons. The topological polar surface area (TPSA) is 191 Å². The Kier molecular flexibility index (Phi) is 10.8. The molecule has 4 amide bonds. The maximum absolute atomic E-state index is 14.6. The zero-order valence-corrected chi connectivity index (χ0v) is 33.1. The van der Waals surface area contributed by atoms with Gasteiger partial charge in [0.2, 0.25) is 27.7 Å². The summed E-state index contributed by atoms with van der Waals surface area (Å²) in [6.07, 6.45) is 13.1. The molecule has 0 bridgehead atoms. The Hall–Kier alpha value is -4.51. The molecule has 1 saturated heterocycles. The van der Waals surface area contributed by atoms with Crippen molar-refractivity contribution in [3.63, 3.8) is 0 Å². The van der Waals surface area contributed by atoms with Gasteiger partial charge in [0.15, 0.2) is 5.65 Å². The highest BCUT2D eigenvalue weighted by Crippen LogP contribution is 2.46. The molecular weight excluding hydrogens is 759 g/mol. The average molecular weight is 808 g/mol. The summed E-state index contributed by atoms with van der Waals surface area (Å²) in [5.74, 6) is -2.16. The van der Waals surface area contributed by atoms with Crippen LogP contribution >= 0.6 is 11.3 Å². The van der Waals surface area contributed by atoms with Crippen LogP contribution in [0.2, 0.25) is 0 Å². The van der Waals surface area contributed by atoms with E-state index in [-0.39, 0.29) is 38.0 Å². The monoisotopic (exact) mass is 807 g/mol. The lowest BCUT2D eigenvalue weighted by Gasteiger charge is -2.30. The molecule has 3 N–H and O–H groups in total. The second-order valence-electron chi connectivity index (χ2n) is 15.9. The number of hydrogen-bond acceptors (Lipinski definition) is 11. The number of carbonyl (C=O) groups is 4. The number of sulfonamides is 1. The third-order valence-electron chi connectivity index (χ3n) is 11.7. The number of hydrogen-bond donors (Lipinski definition) is 3. The maximum atomic E-state index is 14.6. The van der Waals surface area contributed by atoms with E-state index in [0.29, 0.717) is 54.8 Å². The zero-order valence-electron chi connectivity index (χ0n) is 31.5. The van der Waals surface area contributed by atoms with Gasteiger partial charge in [0.25, 0.3) is 5.91 Å². The van der Waals surface area contributed by atoms with Crippen molar-refractivity contribution >= 4 is 56.3 Å². The summed E-state index contributed by atoms with van der Waals surface area (Å²) in [7, 11) is -1.98. The number of allylic oxidation sites excluding steroid dienone is 1. The van der Waals surface area contributed by atoms with Crippen molar-refractivity contribution in [1.29, 1.82) is 0 Å². The number of fused-ring (bicyclic) bond motifs is 3. The van der Waals surface area contributed by atoms with Crippen molar-refractivity contribution in [1.82, 2.24) is 34.8 Å². The zero-order chi connectivity index (χ0) is 39.0. The molecule has 5 aliphatic rings. The molecule has 5 heterocycles. The first-order valence-electron chi connectivity index (χ1n) is 19.8. The van der Waals surface area contributed by atoms with E-state index in [4.69, 9.17) is 19.4 Å². The molecule has 0 spiro atoms. The van der Waals surface area contributed by atoms with E-state index < -0.39 is 62.6 Å². The smallest absolute Gasteiger partial charge is 0.408 e. The predicted molar refractivity (Wildman–Crippen MR) is 208 cm³/mol. The van der Waals surface area contributed by atoms with Crippen LogP contribution in [0.3, 0.4) is 0 Å². The van der Waals surface area contributed by atoms with Crippen LogP contribution in [0.15, 0.2) is 41.9 Å². The van der Waals surface area contributed by atoms with Gasteiger partial charge in [-0.25, -0.2) is 23.2 Å². The van der Waals surface area contributed by atoms with E-state index in [1.54, 1.807) is 0 Å². The van der Waals surface area contributed by atoms with Crippen molar-refractivity contribution in [3.8, 4) is 16.5 Å². The van der Waals surface area contributed by atoms with Gasteiger partial charge in [-0.1, -0.05) is 31.1 Å². The minimum Gasteiger partial charge on any atom is -0.476 e. The van der Waals surface area contributed by atoms with Gasteiger partial charge in [0.1, 0.15) is 34.9 Å². The molecule has 3 aromatic heterocycles. The maximum Gasteiger partial charge on any atom is 0.408 e. The van der Waals surface area contributed by atoms with Gasteiger partial charge in [-0.3, -0.25) is 19.1 Å². The number of thiophene rings is 1. The number of nitrogens with zero attached hydrogens (tertiary/aromatic N) is 4. The molecule has 3 saturated carbocycles. The fraction of sp³-hybridized carbons (Fsp3) is 0.590. The lowest BCUT2D eigenvalue weighted by Crippen LogP contribution is -2.58. The Balaban J connectivity index is 1.06. The molecule has 2 aliphatic heterocycles. The molecule has 8 rings (SSSR count). The largest absolute Gasteiger partial charge is 0.476 e. The molecule has 0 unspecified atom stereocenters. The van der Waals surface area contributed by atoms with E-state index >= 15 is 0 Å². The molecule has 4 fully saturated rings. The summed E-state index contributed by atoms with van der Waals surface area (Å²) in [5, 5.41) is 7.09. The Morgan fingerprint density at radius 2 is 1.86 bits per heavy atom. The van der Waals surface area contributed by atoms with E-state index in [2.05, 4.69) is 15.4 Å². The molecule has 5 atom stereocenters. The summed E-state index contributed by atoms with van der Waals surface area (Å²) >= 11 is 1.51. The lowest BCUT2D eigenvalue weighted by molar-refractivity contribution is -0.141. The van der Waals surface area contributed by atoms with Crippen LogP contribution in [0.25, 0.3) is 21.7 Å². The minimum atomic E-state index is -3.88. The van der Waals surface area contributed by atoms with E-state index in [1.807, 2.05) is 53.5 Å². The molecule has 56 heavy (non-hydrogen) atoms. The summed E-state index contributed by atoms with van der Waals surface area (Å²) < 4.78 is 42.0. The highest BCUT2D eigenvalue weighted by Gasteiger charge is 2.62. The van der Waals surface area contributed by atoms with Gasteiger partial charge in [0.05, 0.1) is 16.7 Å². The van der Waals surface area contributed by atoms with Gasteiger partial charge in [0, 0.05) is 31.6 Å². The van der Waals surface area contributed by atoms with Crippen molar-refractivity contribution in [2.24, 2.45) is 18.9 Å². The van der Waals surface area contributed by atoms with Crippen LogP contribution in [-0.4, -0.2) is 93.8 Å². The number of ether oxygens (including phenoxy) is 2. The SMILES string of the molecule is Cn1ccc2nc(OC[C@@H]3C[C@H]4C(=O)N[C@]5(C(=O)NS(=O)(=O)C6CC6)C[C@H]5/C=C\CCCCC[C@H](NC(=O)OC5CCCC5)C(=O)N4C3)c(-c3cccs3)nc21. The second kappa shape index (κ2) is 15.8. The summed E-state index contributed by atoms with van der Waals surface area (Å²) in [6.45, 7) is 0.248. The molecule has 15 nitrogen and oxygen atoms in total. The number of aromatic nitrogens is 3. The van der Waals surface area contributed by atoms with Gasteiger partial charge in [-0.15, -0.1) is 11.3 Å². The Morgan fingerprint density at radius 3 is 2.62 bits per heavy atom. The van der Waals surface area contributed by atoms with Gasteiger partial charge >= 0.3 is 6.09 Å². The fourth-order valence-electron chi connectivity index (χ4n) is 8.26. The average Bonchev–Trinajstić information content (AvgIpc) is 3.79. The van der Waals surface area contributed by atoms with Crippen LogP contribution in [0.4, 0.5) is 4.79 Å². The first kappa shape index (κ1) is 38.4. The van der Waals surface area contributed by atoms with Crippen LogP contribution in [0, 0.1) is 11.8 Å². The van der Waals surface area contributed by atoms with Crippen LogP contribution < -0.4 is 20.1 Å². The standard InChI is InChI=1S/C39H49N7O8S2/c1-45-18-17-28-33(45)42-32(31-14-9-19-55-31)35(40-28)53-23-24-20-30-34(47)43-39(37(49)44-56(51,52)27-15-16-27)21-25(39)10-5-3-2-4-6-13-29(36(48)46(30)22-24)41-38(50)54-26-11-7-8-12-26/h5,9-10,14,17-19,24-27,29-30H,2-4,6-8,11-13,15-16,20-23H2,1H3,(H,41,50)(H,43,47)(H,44,49)/b10-5-/t24-,25-,29+,30+,39-/m1/s1. The number of amides is 4. The quantitative estimate of drug-likeness (QED) is 0.263. The molecule has 3 aromatic rings. The van der Waals surface area contributed by atoms with Gasteiger partial charge in [-0.05, 0) is 88.1 Å². The number of nitrogens with one attached hydrogen (secondary N) is 3. The van der Waals surface area contributed by atoms with Gasteiger partial charge in [-0.2, -0.15) is 0 Å². The van der Waals surface area contributed by atoms with Crippen LogP contribution in [0.1, 0.15) is 83.5 Å². The van der Waals surface area contributed by atoms with Crippen molar-refractivity contribution in [2.45, 2.75) is 112 Å². The highest BCUT2D eigenvalue weighted by atomic mass is 32.2. The molecule has 0 aromatic carbocycles. The van der Waals surface area contributed by atoms with Crippen LogP contribution in [-0.2, 0) is 36.2 Å². The normalized spacial score (nSPS) is 28.1. The van der Waals surface area contributed by atoms with E-state index in [0.717, 1.165) is 43.4 Å². The third-order valence-corrected chi connectivity index (χ3v) is 14.4. The number of alkyl carbamates (subject to hydrolysis) is 1. The molecule has 17 heteroatoms. The Labute approximate surface area is 330 Å². The lowest BCUT2D eigenvalue weighted by atomic mass is 10.0. The first-order chi connectivity index (χ1) is 27.0. The second-order valence-corrected chi connectivity index (χ2v) is 18.8. The number of aryl methyl sites for hydroxylation is 1. The minimum absolute atomic E-state index is 0.109. The summed E-state index contributed by atoms with van der Waals surface area (Å²) in [6, 6.07) is 3.77. The third kappa shape index (κ3) is 8.15. The molecule has 0 radical (unpaired) electrons. The van der Waals surface area contributed by atoms with Gasteiger partial charge < -0.3 is 29.6 Å². The van der Waals surface area contributed by atoms with E-state index in [9.17, 15) is 27.6 Å². The van der Waals surface area contributed by atoms with Crippen LogP contribution in [0.5, 0.6) is 5.88 Å². The van der Waals surface area contributed by atoms with Crippen molar-refractivity contribution < 1.29 is 37.1 Å². The molecule has 3 aliphatic carbocycles. The first-order valence-corrected chi connectivity index (χ1v) is 22.3. The predicted octanol–water partition coefficient (Wildman–Crippen LogP) is 4.33. The number of rotatable bonds is 9. The van der Waals surface area contributed by atoms with Crippen molar-refractivity contribution in [2.75, 3.05) is 13.2 Å². The fourth-order valence-corrected chi connectivity index (χ4v) is 10.3. The Bertz CT molecular complexity index is 2110. The summed E-state index contributed by atoms with van der Waals surface area (Å²) in [4.78, 5) is 67.9.